The first-order chi connectivity index (χ1) is 17.3. The van der Waals surface area contributed by atoms with Crippen molar-refractivity contribution >= 4 is 45.1 Å². The van der Waals surface area contributed by atoms with Gasteiger partial charge in [0.1, 0.15) is 11.5 Å². The molecule has 0 aliphatic carbocycles. The molecule has 4 rings (SSSR count). The summed E-state index contributed by atoms with van der Waals surface area (Å²) in [7, 11) is 1.66. The van der Waals surface area contributed by atoms with Crippen molar-refractivity contribution in [1.29, 1.82) is 0 Å². The molecule has 0 aliphatic rings. The molecule has 0 saturated carbocycles. The Bertz CT molecular complexity index is 1500. The number of aromatic nitrogens is 1. The van der Waals surface area contributed by atoms with Crippen molar-refractivity contribution in [2.24, 2.45) is 5.16 Å². The van der Waals surface area contributed by atoms with Crippen LogP contribution in [0.2, 0.25) is 0 Å². The van der Waals surface area contributed by atoms with Gasteiger partial charge in [-0.05, 0) is 74.0 Å². The maximum atomic E-state index is 13.1. The van der Waals surface area contributed by atoms with Gasteiger partial charge in [-0.1, -0.05) is 5.16 Å². The maximum Gasteiger partial charge on any atom is 0.331 e. The minimum atomic E-state index is -0.609. The van der Waals surface area contributed by atoms with Crippen LogP contribution < -0.4 is 0 Å². The Kier molecular flexibility index (Phi) is 7.26. The molecule has 3 aromatic carbocycles. The number of fused-ring (bicyclic) bond motifs is 3. The average Bonchev–Trinajstić information content (AvgIpc) is 3.19. The summed E-state index contributed by atoms with van der Waals surface area (Å²) in [6, 6.07) is 17.0. The van der Waals surface area contributed by atoms with Gasteiger partial charge in [-0.15, -0.1) is 0 Å². The fourth-order valence-corrected chi connectivity index (χ4v) is 4.16. The Balaban J connectivity index is 1.83. The summed E-state index contributed by atoms with van der Waals surface area (Å²) >= 11 is 0. The Morgan fingerprint density at radius 2 is 1.44 bits per heavy atom. The van der Waals surface area contributed by atoms with E-state index in [9.17, 15) is 19.5 Å². The van der Waals surface area contributed by atoms with Crippen molar-refractivity contribution in [1.82, 2.24) is 4.57 Å². The summed E-state index contributed by atoms with van der Waals surface area (Å²) in [5.41, 5.74) is 3.25. The Morgan fingerprint density at radius 1 is 0.861 bits per heavy atom. The van der Waals surface area contributed by atoms with E-state index < -0.39 is 5.97 Å². The number of phenolic OH excluding ortho intramolecular Hbond substituents is 1. The van der Waals surface area contributed by atoms with Crippen LogP contribution in [0.1, 0.15) is 46.5 Å². The second-order valence-electron chi connectivity index (χ2n) is 8.43. The molecule has 0 spiro atoms. The minimum absolute atomic E-state index is 0.0524. The van der Waals surface area contributed by atoms with Crippen LogP contribution in [-0.2, 0) is 20.9 Å². The lowest BCUT2D eigenvalue weighted by molar-refractivity contribution is -0.140. The molecule has 0 aliphatic heterocycles. The number of hydrogen-bond acceptors (Lipinski definition) is 7. The number of aromatic hydroxyl groups is 1. The number of methoxy groups -OCH3 is 1. The molecular formula is C28H26N2O6. The number of carbonyl (C=O) groups excluding carboxylic acids is 3. The van der Waals surface area contributed by atoms with E-state index in [1.54, 1.807) is 37.4 Å². The normalized spacial score (nSPS) is 11.7. The van der Waals surface area contributed by atoms with E-state index in [0.29, 0.717) is 29.8 Å². The lowest BCUT2D eigenvalue weighted by atomic mass is 10.00. The number of ketones is 2. The highest BCUT2D eigenvalue weighted by Gasteiger charge is 2.18. The number of phenols is 1. The first-order valence-corrected chi connectivity index (χ1v) is 11.5. The summed E-state index contributed by atoms with van der Waals surface area (Å²) in [5, 5.41) is 14.8. The van der Waals surface area contributed by atoms with Gasteiger partial charge in [0.15, 0.2) is 5.78 Å². The zero-order valence-electron chi connectivity index (χ0n) is 20.3. The molecule has 0 unspecified atom stereocenters. The Hall–Kier alpha value is -4.30. The number of carbonyl (C=O) groups is 3. The minimum Gasteiger partial charge on any atom is -0.508 e. The molecule has 4 aromatic rings. The van der Waals surface area contributed by atoms with Crippen LogP contribution >= 0.6 is 0 Å². The Morgan fingerprint density at radius 3 is 2.06 bits per heavy atom. The van der Waals surface area contributed by atoms with Crippen LogP contribution in [0.4, 0.5) is 0 Å². The van der Waals surface area contributed by atoms with Crippen LogP contribution in [0.25, 0.3) is 21.8 Å². The Labute approximate surface area is 207 Å². The van der Waals surface area contributed by atoms with Gasteiger partial charge in [0, 0.05) is 65.7 Å². The standard InChI is InChI=1S/C28H26N2O6/c1-17(29-36-18(2)31)27(33)20-7-11-25-23(15-20)24-16-21(28(34)19-5-9-22(32)10-6-19)8-12-26(24)30(25)13-4-14-35-3/h5-12,15-16,32H,4,13-14H2,1-3H3. The van der Waals surface area contributed by atoms with Crippen molar-refractivity contribution in [2.75, 3.05) is 13.7 Å². The number of hydrogen-bond donors (Lipinski definition) is 1. The molecule has 8 nitrogen and oxygen atoms in total. The van der Waals surface area contributed by atoms with Crippen LogP contribution in [0, 0.1) is 0 Å². The van der Waals surface area contributed by atoms with Crippen LogP contribution in [-0.4, -0.2) is 46.6 Å². The van der Waals surface area contributed by atoms with E-state index in [0.717, 1.165) is 28.2 Å². The first kappa shape index (κ1) is 24.8. The predicted octanol–water partition coefficient (Wildman–Crippen LogP) is 4.89. The number of ether oxygens (including phenoxy) is 1. The van der Waals surface area contributed by atoms with E-state index in [-0.39, 0.29) is 23.0 Å². The summed E-state index contributed by atoms with van der Waals surface area (Å²) in [4.78, 5) is 41.7. The number of Topliss-reactive ketones (excluding diaryl/α,β-unsaturated/α-hetero) is 1. The lowest BCUT2D eigenvalue weighted by Crippen LogP contribution is -2.12. The van der Waals surface area contributed by atoms with E-state index in [4.69, 9.17) is 4.74 Å². The third kappa shape index (κ3) is 5.04. The van der Waals surface area contributed by atoms with E-state index >= 15 is 0 Å². The number of aryl methyl sites for hydroxylation is 1. The molecule has 0 saturated heterocycles. The van der Waals surface area contributed by atoms with Gasteiger partial charge in [0.2, 0.25) is 5.78 Å². The topological polar surface area (TPSA) is 107 Å². The van der Waals surface area contributed by atoms with Crippen molar-refractivity contribution in [3.8, 4) is 5.75 Å². The van der Waals surface area contributed by atoms with Crippen molar-refractivity contribution < 1.29 is 29.1 Å². The second-order valence-corrected chi connectivity index (χ2v) is 8.43. The van der Waals surface area contributed by atoms with Gasteiger partial charge in [-0.3, -0.25) is 9.59 Å². The molecule has 36 heavy (non-hydrogen) atoms. The highest BCUT2D eigenvalue weighted by Crippen LogP contribution is 2.32. The molecule has 184 valence electrons. The summed E-state index contributed by atoms with van der Waals surface area (Å²) < 4.78 is 7.36. The number of nitrogens with zero attached hydrogens (tertiary/aromatic N) is 2. The number of rotatable bonds is 9. The summed E-state index contributed by atoms with van der Waals surface area (Å²) in [6.07, 6.45) is 0.790. The van der Waals surface area contributed by atoms with Gasteiger partial charge in [0.05, 0.1) is 0 Å². The van der Waals surface area contributed by atoms with Crippen LogP contribution in [0.15, 0.2) is 65.8 Å². The largest absolute Gasteiger partial charge is 0.508 e. The zero-order chi connectivity index (χ0) is 25.8. The molecular weight excluding hydrogens is 460 g/mol. The number of oxime groups is 1. The highest BCUT2D eigenvalue weighted by atomic mass is 16.7. The smallest absolute Gasteiger partial charge is 0.331 e. The second kappa shape index (κ2) is 10.5. The van der Waals surface area contributed by atoms with Gasteiger partial charge in [-0.25, -0.2) is 4.79 Å². The number of benzene rings is 3. The van der Waals surface area contributed by atoms with Gasteiger partial charge in [-0.2, -0.15) is 0 Å². The monoisotopic (exact) mass is 486 g/mol. The lowest BCUT2D eigenvalue weighted by Gasteiger charge is -2.08. The fourth-order valence-electron chi connectivity index (χ4n) is 4.16. The van der Waals surface area contributed by atoms with Gasteiger partial charge in [0.25, 0.3) is 0 Å². The highest BCUT2D eigenvalue weighted by molar-refractivity contribution is 6.45. The fraction of sp³-hybridized carbons (Fsp3) is 0.214. The summed E-state index contributed by atoms with van der Waals surface area (Å²) in [6.45, 7) is 3.99. The molecule has 0 bridgehead atoms. The quantitative estimate of drug-likeness (QED) is 0.119. The van der Waals surface area contributed by atoms with Crippen LogP contribution in [0.3, 0.4) is 0 Å². The van der Waals surface area contributed by atoms with E-state index in [2.05, 4.69) is 14.6 Å². The van der Waals surface area contributed by atoms with E-state index in [1.807, 2.05) is 18.2 Å². The molecule has 0 radical (unpaired) electrons. The predicted molar refractivity (Wildman–Crippen MR) is 137 cm³/mol. The average molecular weight is 487 g/mol. The molecule has 1 aromatic heterocycles. The molecule has 1 heterocycles. The molecule has 0 atom stereocenters. The molecule has 0 fully saturated rings. The third-order valence-corrected chi connectivity index (χ3v) is 5.89. The van der Waals surface area contributed by atoms with Gasteiger partial charge >= 0.3 is 5.97 Å². The molecule has 0 amide bonds. The first-order valence-electron chi connectivity index (χ1n) is 11.5. The van der Waals surface area contributed by atoms with E-state index in [1.165, 1.54) is 26.0 Å². The molecule has 1 N–H and O–H groups in total. The van der Waals surface area contributed by atoms with Crippen molar-refractivity contribution in [3.63, 3.8) is 0 Å². The SMILES string of the molecule is COCCCn1c2ccc(C(=O)C(C)=NOC(C)=O)cc2c2cc(C(=O)c3ccc(O)cc3)ccc21. The van der Waals surface area contributed by atoms with Crippen molar-refractivity contribution in [3.05, 3.63) is 77.4 Å². The zero-order valence-corrected chi connectivity index (χ0v) is 20.3. The molecule has 8 heteroatoms. The van der Waals surface area contributed by atoms with Gasteiger partial charge < -0.3 is 19.2 Å². The van der Waals surface area contributed by atoms with Crippen molar-refractivity contribution in [2.45, 2.75) is 26.8 Å². The third-order valence-electron chi connectivity index (χ3n) is 5.89. The maximum absolute atomic E-state index is 13.1. The van der Waals surface area contributed by atoms with Crippen LogP contribution in [0.5, 0.6) is 5.75 Å². The summed E-state index contributed by atoms with van der Waals surface area (Å²) in [5.74, 6) is -1.06.